The molecule has 0 saturated carbocycles. The van der Waals surface area contributed by atoms with Crippen LogP contribution in [0.2, 0.25) is 0 Å². The van der Waals surface area contributed by atoms with Crippen LogP contribution in [0.3, 0.4) is 0 Å². The van der Waals surface area contributed by atoms with Crippen LogP contribution >= 0.6 is 0 Å². The molecule has 6 heteroatoms. The summed E-state index contributed by atoms with van der Waals surface area (Å²) in [4.78, 5) is 21.6. The zero-order chi connectivity index (χ0) is 15.2. The molecule has 0 unspecified atom stereocenters. The second kappa shape index (κ2) is 6.51. The minimum absolute atomic E-state index is 0.0133. The number of nitro benzene ring substituents is 1. The molecule has 0 aromatic heterocycles. The van der Waals surface area contributed by atoms with E-state index in [9.17, 15) is 14.9 Å². The summed E-state index contributed by atoms with van der Waals surface area (Å²) < 4.78 is 10.2. The van der Waals surface area contributed by atoms with Crippen molar-refractivity contribution < 1.29 is 19.2 Å². The van der Waals surface area contributed by atoms with Crippen molar-refractivity contribution >= 4 is 11.7 Å². The van der Waals surface area contributed by atoms with Crippen LogP contribution in [-0.2, 0) is 11.3 Å². The fraction of sp³-hybridized carbons (Fsp3) is 0.133. The smallest absolute Gasteiger partial charge is 0.337 e. The number of non-ortho nitro benzene ring substituents is 1. The number of rotatable bonds is 5. The molecule has 2 aromatic carbocycles. The molecule has 0 N–H and O–H groups in total. The number of nitro groups is 1. The molecular weight excluding hydrogens is 274 g/mol. The molecule has 0 aliphatic rings. The SMILES string of the molecule is COC(=O)c1cccc(OCc2cccc([N+](=O)[O-])c2)c1. The normalized spacial score (nSPS) is 9.95. The Morgan fingerprint density at radius 2 is 1.95 bits per heavy atom. The van der Waals surface area contributed by atoms with Crippen molar-refractivity contribution in [2.24, 2.45) is 0 Å². The Labute approximate surface area is 121 Å². The van der Waals surface area contributed by atoms with Gasteiger partial charge in [0.05, 0.1) is 17.6 Å². The summed E-state index contributed by atoms with van der Waals surface area (Å²) in [6.45, 7) is 0.173. The van der Waals surface area contributed by atoms with Crippen LogP contribution in [-0.4, -0.2) is 18.0 Å². The number of hydrogen-bond acceptors (Lipinski definition) is 5. The van der Waals surface area contributed by atoms with Crippen LogP contribution in [0.5, 0.6) is 5.75 Å². The van der Waals surface area contributed by atoms with Gasteiger partial charge < -0.3 is 9.47 Å². The summed E-state index contributed by atoms with van der Waals surface area (Å²) >= 11 is 0. The molecule has 21 heavy (non-hydrogen) atoms. The minimum atomic E-state index is -0.457. The molecule has 6 nitrogen and oxygen atoms in total. The number of methoxy groups -OCH3 is 1. The Balaban J connectivity index is 2.08. The van der Waals surface area contributed by atoms with Crippen molar-refractivity contribution in [1.29, 1.82) is 0 Å². The van der Waals surface area contributed by atoms with E-state index >= 15 is 0 Å². The largest absolute Gasteiger partial charge is 0.489 e. The van der Waals surface area contributed by atoms with Crippen LogP contribution < -0.4 is 4.74 Å². The lowest BCUT2D eigenvalue weighted by Crippen LogP contribution is -2.02. The standard InChI is InChI=1S/C15H13NO5/c1-20-15(17)12-5-3-7-14(9-12)21-10-11-4-2-6-13(8-11)16(18)19/h2-9H,10H2,1H3. The number of carbonyl (C=O) groups excluding carboxylic acids is 1. The van der Waals surface area contributed by atoms with Crippen LogP contribution in [0.4, 0.5) is 5.69 Å². The second-order valence-electron chi connectivity index (χ2n) is 4.24. The van der Waals surface area contributed by atoms with E-state index < -0.39 is 10.9 Å². The van der Waals surface area contributed by atoms with Crippen molar-refractivity contribution in [1.82, 2.24) is 0 Å². The van der Waals surface area contributed by atoms with E-state index in [1.165, 1.54) is 19.2 Å². The maximum Gasteiger partial charge on any atom is 0.337 e. The van der Waals surface area contributed by atoms with Crippen LogP contribution in [0.15, 0.2) is 48.5 Å². The van der Waals surface area contributed by atoms with Gasteiger partial charge in [0.15, 0.2) is 0 Å². The Morgan fingerprint density at radius 3 is 2.67 bits per heavy atom. The Bertz CT molecular complexity index is 669. The summed E-state index contributed by atoms with van der Waals surface area (Å²) in [5, 5.41) is 10.7. The maximum absolute atomic E-state index is 11.4. The van der Waals surface area contributed by atoms with Gasteiger partial charge in [-0.05, 0) is 23.8 Å². The Kier molecular flexibility index (Phi) is 4.50. The first-order valence-corrected chi connectivity index (χ1v) is 6.14. The van der Waals surface area contributed by atoms with Gasteiger partial charge in [0.2, 0.25) is 0 Å². The average molecular weight is 287 g/mol. The first-order chi connectivity index (χ1) is 10.1. The second-order valence-corrected chi connectivity index (χ2v) is 4.24. The topological polar surface area (TPSA) is 78.7 Å². The van der Waals surface area contributed by atoms with E-state index in [1.807, 2.05) is 0 Å². The number of nitrogens with zero attached hydrogens (tertiary/aromatic N) is 1. The van der Waals surface area contributed by atoms with Crippen molar-refractivity contribution in [3.05, 3.63) is 69.8 Å². The van der Waals surface area contributed by atoms with Crippen LogP contribution in [0.25, 0.3) is 0 Å². The van der Waals surface area contributed by atoms with E-state index in [0.29, 0.717) is 16.9 Å². The van der Waals surface area contributed by atoms with Gasteiger partial charge in [0, 0.05) is 12.1 Å². The highest BCUT2D eigenvalue weighted by Gasteiger charge is 2.08. The molecule has 0 heterocycles. The highest BCUT2D eigenvalue weighted by molar-refractivity contribution is 5.89. The van der Waals surface area contributed by atoms with E-state index in [0.717, 1.165) is 0 Å². The number of hydrogen-bond donors (Lipinski definition) is 0. The fourth-order valence-corrected chi connectivity index (χ4v) is 1.76. The zero-order valence-electron chi connectivity index (χ0n) is 11.3. The first kappa shape index (κ1) is 14.5. The lowest BCUT2D eigenvalue weighted by molar-refractivity contribution is -0.384. The van der Waals surface area contributed by atoms with Gasteiger partial charge in [-0.15, -0.1) is 0 Å². The molecule has 2 aromatic rings. The quantitative estimate of drug-likeness (QED) is 0.480. The molecule has 0 radical (unpaired) electrons. The van der Waals surface area contributed by atoms with Crippen LogP contribution in [0, 0.1) is 10.1 Å². The van der Waals surface area contributed by atoms with Crippen molar-refractivity contribution in [3.63, 3.8) is 0 Å². The highest BCUT2D eigenvalue weighted by Crippen LogP contribution is 2.18. The van der Waals surface area contributed by atoms with Crippen molar-refractivity contribution in [2.75, 3.05) is 7.11 Å². The Morgan fingerprint density at radius 1 is 1.19 bits per heavy atom. The van der Waals surface area contributed by atoms with Gasteiger partial charge in [-0.1, -0.05) is 18.2 Å². The molecular formula is C15H13NO5. The lowest BCUT2D eigenvalue weighted by Gasteiger charge is -2.07. The molecule has 0 aliphatic carbocycles. The number of esters is 1. The highest BCUT2D eigenvalue weighted by atomic mass is 16.6. The lowest BCUT2D eigenvalue weighted by atomic mass is 10.2. The summed E-state index contributed by atoms with van der Waals surface area (Å²) in [6, 6.07) is 12.7. The Hall–Kier alpha value is -2.89. The predicted octanol–water partition coefficient (Wildman–Crippen LogP) is 2.96. The van der Waals surface area contributed by atoms with E-state index in [2.05, 4.69) is 4.74 Å². The maximum atomic E-state index is 11.4. The molecule has 0 bridgehead atoms. The third-order valence-electron chi connectivity index (χ3n) is 2.78. The number of carbonyl (C=O) groups is 1. The fourth-order valence-electron chi connectivity index (χ4n) is 1.76. The molecule has 0 spiro atoms. The molecule has 0 amide bonds. The molecule has 0 fully saturated rings. The molecule has 2 rings (SSSR count). The number of benzene rings is 2. The van der Waals surface area contributed by atoms with Gasteiger partial charge in [-0.3, -0.25) is 10.1 Å². The molecule has 108 valence electrons. The van der Waals surface area contributed by atoms with Gasteiger partial charge >= 0.3 is 5.97 Å². The van der Waals surface area contributed by atoms with Gasteiger partial charge in [-0.2, -0.15) is 0 Å². The third-order valence-corrected chi connectivity index (χ3v) is 2.78. The van der Waals surface area contributed by atoms with Gasteiger partial charge in [-0.25, -0.2) is 4.79 Å². The first-order valence-electron chi connectivity index (χ1n) is 6.14. The van der Waals surface area contributed by atoms with E-state index in [-0.39, 0.29) is 12.3 Å². The van der Waals surface area contributed by atoms with Crippen molar-refractivity contribution in [3.8, 4) is 5.75 Å². The van der Waals surface area contributed by atoms with E-state index in [1.54, 1.807) is 36.4 Å². The van der Waals surface area contributed by atoms with Gasteiger partial charge in [0.1, 0.15) is 12.4 Å². The summed E-state index contributed by atoms with van der Waals surface area (Å²) in [7, 11) is 1.30. The van der Waals surface area contributed by atoms with E-state index in [4.69, 9.17) is 4.74 Å². The zero-order valence-corrected chi connectivity index (χ0v) is 11.3. The predicted molar refractivity (Wildman–Crippen MR) is 75.2 cm³/mol. The summed E-state index contributed by atoms with van der Waals surface area (Å²) in [5.74, 6) is 0.0419. The number of ether oxygens (including phenoxy) is 2. The summed E-state index contributed by atoms with van der Waals surface area (Å²) in [5.41, 5.74) is 1.07. The summed E-state index contributed by atoms with van der Waals surface area (Å²) in [6.07, 6.45) is 0. The minimum Gasteiger partial charge on any atom is -0.489 e. The molecule has 0 atom stereocenters. The molecule has 0 aliphatic heterocycles. The van der Waals surface area contributed by atoms with Crippen molar-refractivity contribution in [2.45, 2.75) is 6.61 Å². The third kappa shape index (κ3) is 3.79. The monoisotopic (exact) mass is 287 g/mol. The average Bonchev–Trinajstić information content (AvgIpc) is 2.52. The van der Waals surface area contributed by atoms with Crippen LogP contribution in [0.1, 0.15) is 15.9 Å². The molecule has 0 saturated heterocycles. The van der Waals surface area contributed by atoms with Gasteiger partial charge in [0.25, 0.3) is 5.69 Å².